The van der Waals surface area contributed by atoms with E-state index in [4.69, 9.17) is 13.8 Å². The van der Waals surface area contributed by atoms with Crippen molar-refractivity contribution in [1.29, 1.82) is 0 Å². The lowest BCUT2D eigenvalue weighted by Gasteiger charge is -2.18. The second-order valence-electron chi connectivity index (χ2n) is 14.2. The third-order valence-corrected chi connectivity index (χ3v) is 10.1. The maximum atomic E-state index is 12.2. The molecule has 1 amide bonds. The molecule has 0 aromatic rings. The predicted molar refractivity (Wildman–Crippen MR) is 204 cm³/mol. The van der Waals surface area contributed by atoms with Gasteiger partial charge in [-0.3, -0.25) is 18.6 Å². The van der Waals surface area contributed by atoms with Gasteiger partial charge in [-0.05, 0) is 12.8 Å². The highest BCUT2D eigenvalue weighted by molar-refractivity contribution is 7.47. The topological polar surface area (TPSA) is 169 Å². The van der Waals surface area contributed by atoms with E-state index in [0.29, 0.717) is 12.8 Å². The van der Waals surface area contributed by atoms with Crippen molar-refractivity contribution in [2.24, 2.45) is 0 Å². The molecule has 0 rings (SSSR count). The summed E-state index contributed by atoms with van der Waals surface area (Å²) >= 11 is 0. The minimum Gasteiger partial charge on any atom is -0.480 e. The molecule has 0 bridgehead atoms. The number of carbonyl (C=O) groups excluding carboxylic acids is 2. The molecule has 11 nitrogen and oxygen atoms in total. The first-order chi connectivity index (χ1) is 24.6. The van der Waals surface area contributed by atoms with E-state index >= 15 is 0 Å². The van der Waals surface area contributed by atoms with E-state index in [9.17, 15) is 34.1 Å². The monoisotopic (exact) mass is 750 g/mol. The number of phosphoric ester groups is 1. The molecule has 12 heteroatoms. The SMILES string of the molecule is CCCCCCCCCCCCCCCCCCCC(=O)OCC(O)COP(=O)(O)OCC(NC(=O)CCCCCCCCCCCC)C(=O)O. The largest absolute Gasteiger partial charge is 0.480 e. The molecule has 51 heavy (non-hydrogen) atoms. The zero-order chi connectivity index (χ0) is 37.8. The molecule has 0 fully saturated rings. The van der Waals surface area contributed by atoms with Gasteiger partial charge in [0, 0.05) is 12.8 Å². The Hall–Kier alpha value is -1.52. The number of rotatable bonds is 39. The van der Waals surface area contributed by atoms with Crippen LogP contribution in [0, 0.1) is 0 Å². The van der Waals surface area contributed by atoms with Gasteiger partial charge in [-0.2, -0.15) is 0 Å². The van der Waals surface area contributed by atoms with Gasteiger partial charge >= 0.3 is 19.8 Å². The van der Waals surface area contributed by atoms with E-state index < -0.39 is 57.6 Å². The van der Waals surface area contributed by atoms with Gasteiger partial charge in [0.25, 0.3) is 0 Å². The molecular weight excluding hydrogens is 673 g/mol. The zero-order valence-corrected chi connectivity index (χ0v) is 33.3. The van der Waals surface area contributed by atoms with Crippen molar-refractivity contribution in [2.75, 3.05) is 19.8 Å². The number of carboxylic acids is 1. The number of amides is 1. The number of aliphatic carboxylic acids is 1. The van der Waals surface area contributed by atoms with Crippen LogP contribution in [-0.2, 0) is 32.7 Å². The van der Waals surface area contributed by atoms with Crippen LogP contribution in [-0.4, -0.2) is 64.9 Å². The van der Waals surface area contributed by atoms with E-state index in [1.165, 1.54) is 122 Å². The number of hydrogen-bond donors (Lipinski definition) is 4. The maximum absolute atomic E-state index is 12.2. The Morgan fingerprint density at radius 2 is 0.902 bits per heavy atom. The van der Waals surface area contributed by atoms with Crippen molar-refractivity contribution in [3.63, 3.8) is 0 Å². The number of aliphatic hydroxyl groups is 1. The van der Waals surface area contributed by atoms with Gasteiger partial charge in [-0.25, -0.2) is 9.36 Å². The maximum Gasteiger partial charge on any atom is 0.472 e. The summed E-state index contributed by atoms with van der Waals surface area (Å²) in [5.74, 6) is -2.36. The Bertz CT molecular complexity index is 890. The van der Waals surface area contributed by atoms with Crippen LogP contribution in [0.15, 0.2) is 0 Å². The third kappa shape index (κ3) is 35.3. The third-order valence-electron chi connectivity index (χ3n) is 9.15. The lowest BCUT2D eigenvalue weighted by atomic mass is 10.0. The zero-order valence-electron chi connectivity index (χ0n) is 32.4. The lowest BCUT2D eigenvalue weighted by Crippen LogP contribution is -2.43. The molecule has 0 aliphatic heterocycles. The van der Waals surface area contributed by atoms with Crippen LogP contribution in [0.5, 0.6) is 0 Å². The fourth-order valence-corrected chi connectivity index (χ4v) is 6.68. The molecule has 4 N–H and O–H groups in total. The Kier molecular flexibility index (Phi) is 34.4. The molecular formula is C39H76NO10P. The Labute approximate surface area is 310 Å². The highest BCUT2D eigenvalue weighted by Gasteiger charge is 2.28. The highest BCUT2D eigenvalue weighted by atomic mass is 31.2. The summed E-state index contributed by atoms with van der Waals surface area (Å²) in [5, 5.41) is 21.7. The van der Waals surface area contributed by atoms with Gasteiger partial charge in [0.2, 0.25) is 5.91 Å². The molecule has 0 aromatic carbocycles. The molecule has 0 heterocycles. The number of nitrogens with one attached hydrogen (secondary N) is 1. The molecule has 302 valence electrons. The van der Waals surface area contributed by atoms with Gasteiger partial charge < -0.3 is 25.2 Å². The standard InChI is InChI=1S/C39H76NO10P/c1-3-5-7-9-11-13-15-16-17-18-19-20-21-23-25-27-29-31-38(43)48-32-35(41)33-49-51(46,47)50-34-36(39(44)45)40-37(42)30-28-26-24-22-14-12-10-8-6-4-2/h35-36,41H,3-34H2,1-2H3,(H,40,42)(H,44,45)(H,46,47). The smallest absolute Gasteiger partial charge is 0.472 e. The minimum atomic E-state index is -4.74. The summed E-state index contributed by atoms with van der Waals surface area (Å²) in [7, 11) is -4.74. The number of aliphatic hydroxyl groups excluding tert-OH is 1. The summed E-state index contributed by atoms with van der Waals surface area (Å²) in [6, 6.07) is -1.54. The average Bonchev–Trinajstić information content (AvgIpc) is 3.10. The van der Waals surface area contributed by atoms with Gasteiger partial charge in [0.15, 0.2) is 6.04 Å². The van der Waals surface area contributed by atoms with Crippen LogP contribution in [0.25, 0.3) is 0 Å². The number of carboxylic acid groups (broad SMARTS) is 1. The predicted octanol–water partition coefficient (Wildman–Crippen LogP) is 9.95. The van der Waals surface area contributed by atoms with Crippen molar-refractivity contribution in [3.8, 4) is 0 Å². The van der Waals surface area contributed by atoms with Crippen LogP contribution in [0.4, 0.5) is 0 Å². The van der Waals surface area contributed by atoms with E-state index in [2.05, 4.69) is 19.2 Å². The first kappa shape index (κ1) is 49.5. The number of phosphoric acid groups is 1. The van der Waals surface area contributed by atoms with Gasteiger partial charge in [0.1, 0.15) is 12.7 Å². The second kappa shape index (κ2) is 35.5. The van der Waals surface area contributed by atoms with E-state index in [1.807, 2.05) is 0 Å². The molecule has 0 aliphatic carbocycles. The molecule has 0 aliphatic rings. The van der Waals surface area contributed by atoms with Crippen molar-refractivity contribution in [1.82, 2.24) is 5.32 Å². The molecule has 3 atom stereocenters. The molecule has 0 spiro atoms. The number of hydrogen-bond acceptors (Lipinski definition) is 8. The summed E-state index contributed by atoms with van der Waals surface area (Å²) in [6.45, 7) is 2.58. The summed E-state index contributed by atoms with van der Waals surface area (Å²) < 4.78 is 26.7. The van der Waals surface area contributed by atoms with Crippen molar-refractivity contribution >= 4 is 25.7 Å². The highest BCUT2D eigenvalue weighted by Crippen LogP contribution is 2.43. The molecule has 0 aromatic heterocycles. The summed E-state index contributed by atoms with van der Waals surface area (Å²) in [4.78, 5) is 45.7. The van der Waals surface area contributed by atoms with Crippen LogP contribution >= 0.6 is 7.82 Å². The van der Waals surface area contributed by atoms with E-state index in [1.54, 1.807) is 0 Å². The average molecular weight is 750 g/mol. The van der Waals surface area contributed by atoms with Gasteiger partial charge in [-0.15, -0.1) is 0 Å². The Balaban J connectivity index is 3.86. The van der Waals surface area contributed by atoms with E-state index in [-0.39, 0.29) is 12.8 Å². The molecule has 3 unspecified atom stereocenters. The molecule has 0 saturated carbocycles. The minimum absolute atomic E-state index is 0.151. The van der Waals surface area contributed by atoms with Crippen LogP contribution in [0.1, 0.15) is 200 Å². The van der Waals surface area contributed by atoms with Gasteiger partial charge in [0.05, 0.1) is 13.2 Å². The number of unbranched alkanes of at least 4 members (excludes halogenated alkanes) is 25. The van der Waals surface area contributed by atoms with Crippen molar-refractivity contribution < 1.29 is 47.8 Å². The summed E-state index contributed by atoms with van der Waals surface area (Å²) in [5.41, 5.74) is 0. The first-order valence-electron chi connectivity index (χ1n) is 20.6. The van der Waals surface area contributed by atoms with Crippen LogP contribution in [0.2, 0.25) is 0 Å². The van der Waals surface area contributed by atoms with Crippen LogP contribution < -0.4 is 5.32 Å². The number of ether oxygens (including phenoxy) is 1. The quantitative estimate of drug-likeness (QED) is 0.0270. The Morgan fingerprint density at radius 3 is 1.29 bits per heavy atom. The van der Waals surface area contributed by atoms with Gasteiger partial charge in [-0.1, -0.05) is 174 Å². The number of esters is 1. The first-order valence-corrected chi connectivity index (χ1v) is 22.1. The molecule has 0 saturated heterocycles. The normalized spacial score (nSPS) is 13.8. The fraction of sp³-hybridized carbons (Fsp3) is 0.923. The number of carbonyl (C=O) groups is 3. The Morgan fingerprint density at radius 1 is 0.549 bits per heavy atom. The van der Waals surface area contributed by atoms with Crippen molar-refractivity contribution in [2.45, 2.75) is 212 Å². The molecule has 0 radical (unpaired) electrons. The van der Waals surface area contributed by atoms with Crippen LogP contribution in [0.3, 0.4) is 0 Å². The second-order valence-corrected chi connectivity index (χ2v) is 15.6. The lowest BCUT2D eigenvalue weighted by molar-refractivity contribution is -0.147. The fourth-order valence-electron chi connectivity index (χ4n) is 5.90. The van der Waals surface area contributed by atoms with Crippen molar-refractivity contribution in [3.05, 3.63) is 0 Å². The van der Waals surface area contributed by atoms with E-state index in [0.717, 1.165) is 38.5 Å². The summed E-state index contributed by atoms with van der Waals surface area (Å²) in [6.07, 6.45) is 31.4.